The van der Waals surface area contributed by atoms with Crippen LogP contribution in [0.5, 0.6) is 5.75 Å². The zero-order valence-electron chi connectivity index (χ0n) is 10.5. The molecule has 0 radical (unpaired) electrons. The minimum Gasteiger partial charge on any atom is -0.494 e. The van der Waals surface area contributed by atoms with Crippen LogP contribution >= 0.6 is 0 Å². The van der Waals surface area contributed by atoms with Gasteiger partial charge in [0.25, 0.3) is 0 Å². The predicted molar refractivity (Wildman–Crippen MR) is 66.7 cm³/mol. The molecule has 1 N–H and O–H groups in total. The van der Waals surface area contributed by atoms with Crippen LogP contribution in [0.3, 0.4) is 0 Å². The average Bonchev–Trinajstić information content (AvgIpc) is 2.77. The van der Waals surface area contributed by atoms with E-state index in [1.807, 2.05) is 13.2 Å². The van der Waals surface area contributed by atoms with Gasteiger partial charge in [-0.3, -0.25) is 4.68 Å². The van der Waals surface area contributed by atoms with Crippen molar-refractivity contribution < 1.29 is 9.13 Å². The first-order valence-electron chi connectivity index (χ1n) is 5.70. The van der Waals surface area contributed by atoms with E-state index >= 15 is 0 Å². The fourth-order valence-corrected chi connectivity index (χ4v) is 1.76. The number of nitrogens with zero attached hydrogens (tertiary/aromatic N) is 2. The van der Waals surface area contributed by atoms with Gasteiger partial charge in [0.05, 0.1) is 13.3 Å². The molecule has 5 heteroatoms. The summed E-state index contributed by atoms with van der Waals surface area (Å²) in [4.78, 5) is 0. The first-order chi connectivity index (χ1) is 8.70. The number of methoxy groups -OCH3 is 1. The summed E-state index contributed by atoms with van der Waals surface area (Å²) in [5.41, 5.74) is 1.67. The molecule has 0 spiro atoms. The van der Waals surface area contributed by atoms with Gasteiger partial charge in [0.1, 0.15) is 0 Å². The third-order valence-corrected chi connectivity index (χ3v) is 2.67. The van der Waals surface area contributed by atoms with Crippen LogP contribution in [-0.4, -0.2) is 16.9 Å². The molecule has 0 saturated carbocycles. The Morgan fingerprint density at radius 2 is 2.22 bits per heavy atom. The number of halogens is 1. The summed E-state index contributed by atoms with van der Waals surface area (Å²) >= 11 is 0. The van der Waals surface area contributed by atoms with E-state index in [0.29, 0.717) is 18.7 Å². The maximum atomic E-state index is 13.8. The molecule has 1 heterocycles. The minimum atomic E-state index is -0.307. The highest BCUT2D eigenvalue weighted by Crippen LogP contribution is 2.19. The monoisotopic (exact) mass is 249 g/mol. The van der Waals surface area contributed by atoms with E-state index in [1.165, 1.54) is 7.11 Å². The third kappa shape index (κ3) is 2.87. The van der Waals surface area contributed by atoms with Crippen molar-refractivity contribution in [1.82, 2.24) is 15.1 Å². The highest BCUT2D eigenvalue weighted by Gasteiger charge is 2.07. The smallest absolute Gasteiger partial charge is 0.169 e. The Balaban J connectivity index is 1.94. The van der Waals surface area contributed by atoms with Gasteiger partial charge in [0.2, 0.25) is 0 Å². The van der Waals surface area contributed by atoms with Crippen molar-refractivity contribution in [2.24, 2.45) is 7.05 Å². The second-order valence-corrected chi connectivity index (χ2v) is 4.06. The van der Waals surface area contributed by atoms with Crippen molar-refractivity contribution in [1.29, 1.82) is 0 Å². The van der Waals surface area contributed by atoms with Crippen LogP contribution in [0.2, 0.25) is 0 Å². The van der Waals surface area contributed by atoms with Crippen LogP contribution in [-0.2, 0) is 20.1 Å². The molecule has 2 aromatic rings. The number of hydrogen-bond acceptors (Lipinski definition) is 3. The number of aryl methyl sites for hydroxylation is 1. The van der Waals surface area contributed by atoms with Crippen molar-refractivity contribution in [3.63, 3.8) is 0 Å². The van der Waals surface area contributed by atoms with E-state index in [1.54, 1.807) is 29.1 Å². The number of nitrogens with one attached hydrogen (secondary N) is 1. The molecule has 0 fully saturated rings. The largest absolute Gasteiger partial charge is 0.494 e. The summed E-state index contributed by atoms with van der Waals surface area (Å²) in [7, 11) is 3.33. The van der Waals surface area contributed by atoms with Crippen LogP contribution in [0.4, 0.5) is 4.39 Å². The molecule has 0 atom stereocenters. The predicted octanol–water partition coefficient (Wildman–Crippen LogP) is 1.86. The topological polar surface area (TPSA) is 39.1 Å². The van der Waals surface area contributed by atoms with Crippen LogP contribution in [0.15, 0.2) is 30.6 Å². The lowest BCUT2D eigenvalue weighted by Gasteiger charge is -2.08. The number of benzene rings is 1. The molecule has 0 saturated heterocycles. The average molecular weight is 249 g/mol. The van der Waals surface area contributed by atoms with Gasteiger partial charge in [-0.15, -0.1) is 0 Å². The first kappa shape index (κ1) is 12.6. The van der Waals surface area contributed by atoms with E-state index in [-0.39, 0.29) is 11.6 Å². The van der Waals surface area contributed by atoms with Crippen LogP contribution in [0.25, 0.3) is 0 Å². The maximum absolute atomic E-state index is 13.8. The molecule has 18 heavy (non-hydrogen) atoms. The fourth-order valence-electron chi connectivity index (χ4n) is 1.76. The molecule has 0 bridgehead atoms. The summed E-state index contributed by atoms with van der Waals surface area (Å²) in [6, 6.07) is 5.14. The second-order valence-electron chi connectivity index (χ2n) is 4.06. The Bertz CT molecular complexity index is 525. The first-order valence-corrected chi connectivity index (χ1v) is 5.70. The second kappa shape index (κ2) is 5.64. The SMILES string of the molecule is COc1cccc(CNCc2cnn(C)c2)c1F. The van der Waals surface area contributed by atoms with Crippen LogP contribution in [0.1, 0.15) is 11.1 Å². The number of hydrogen-bond donors (Lipinski definition) is 1. The van der Waals surface area contributed by atoms with Crippen molar-refractivity contribution in [2.75, 3.05) is 7.11 Å². The third-order valence-electron chi connectivity index (χ3n) is 2.67. The molecule has 0 aliphatic heterocycles. The molecule has 0 amide bonds. The summed E-state index contributed by atoms with van der Waals surface area (Å²) in [6.45, 7) is 1.11. The van der Waals surface area contributed by atoms with E-state index in [0.717, 1.165) is 5.56 Å². The molecule has 96 valence electrons. The van der Waals surface area contributed by atoms with E-state index in [9.17, 15) is 4.39 Å². The molecule has 0 aliphatic carbocycles. The van der Waals surface area contributed by atoms with Gasteiger partial charge in [-0.2, -0.15) is 5.10 Å². The zero-order chi connectivity index (χ0) is 13.0. The van der Waals surface area contributed by atoms with Gasteiger partial charge >= 0.3 is 0 Å². The summed E-state index contributed by atoms with van der Waals surface area (Å²) in [5.74, 6) is -0.0330. The van der Waals surface area contributed by atoms with Crippen molar-refractivity contribution in [3.05, 3.63) is 47.5 Å². The molecular formula is C13H16FN3O. The quantitative estimate of drug-likeness (QED) is 0.879. The Morgan fingerprint density at radius 3 is 2.89 bits per heavy atom. The Kier molecular flexibility index (Phi) is 3.94. The zero-order valence-corrected chi connectivity index (χ0v) is 10.5. The van der Waals surface area contributed by atoms with E-state index in [4.69, 9.17) is 4.74 Å². The van der Waals surface area contributed by atoms with Gasteiger partial charge < -0.3 is 10.1 Å². The fraction of sp³-hybridized carbons (Fsp3) is 0.308. The molecule has 4 nitrogen and oxygen atoms in total. The van der Waals surface area contributed by atoms with Gasteiger partial charge in [0, 0.05) is 37.5 Å². The van der Waals surface area contributed by atoms with E-state index < -0.39 is 0 Å². The summed E-state index contributed by atoms with van der Waals surface area (Å²) in [5, 5.41) is 7.24. The highest BCUT2D eigenvalue weighted by molar-refractivity contribution is 5.30. The van der Waals surface area contributed by atoms with Crippen molar-refractivity contribution >= 4 is 0 Å². The summed E-state index contributed by atoms with van der Waals surface area (Å²) in [6.07, 6.45) is 3.71. The molecule has 1 aromatic heterocycles. The molecular weight excluding hydrogens is 233 g/mol. The molecule has 1 aromatic carbocycles. The lowest BCUT2D eigenvalue weighted by molar-refractivity contribution is 0.383. The standard InChI is InChI=1S/C13H16FN3O/c1-17-9-10(7-16-17)6-15-8-11-4-3-5-12(18-2)13(11)14/h3-5,7,9,15H,6,8H2,1-2H3. The van der Waals surface area contributed by atoms with Gasteiger partial charge in [0.15, 0.2) is 11.6 Å². The van der Waals surface area contributed by atoms with Crippen molar-refractivity contribution in [3.8, 4) is 5.75 Å². The Hall–Kier alpha value is -1.88. The number of ether oxygens (including phenoxy) is 1. The van der Waals surface area contributed by atoms with Crippen LogP contribution in [0, 0.1) is 5.82 Å². The Labute approximate surface area is 105 Å². The van der Waals surface area contributed by atoms with Crippen LogP contribution < -0.4 is 10.1 Å². The minimum absolute atomic E-state index is 0.274. The Morgan fingerprint density at radius 1 is 1.39 bits per heavy atom. The number of aromatic nitrogens is 2. The van der Waals surface area contributed by atoms with Crippen molar-refractivity contribution in [2.45, 2.75) is 13.1 Å². The molecule has 0 aliphatic rings. The van der Waals surface area contributed by atoms with Gasteiger partial charge in [-0.1, -0.05) is 12.1 Å². The van der Waals surface area contributed by atoms with E-state index in [2.05, 4.69) is 10.4 Å². The van der Waals surface area contributed by atoms with Gasteiger partial charge in [-0.25, -0.2) is 4.39 Å². The maximum Gasteiger partial charge on any atom is 0.169 e. The highest BCUT2D eigenvalue weighted by atomic mass is 19.1. The summed E-state index contributed by atoms with van der Waals surface area (Å²) < 4.78 is 20.5. The lowest BCUT2D eigenvalue weighted by Crippen LogP contribution is -2.13. The molecule has 0 unspecified atom stereocenters. The normalized spacial score (nSPS) is 10.6. The van der Waals surface area contributed by atoms with Gasteiger partial charge in [-0.05, 0) is 6.07 Å². The molecule has 2 rings (SSSR count). The lowest BCUT2D eigenvalue weighted by atomic mass is 10.2. The number of rotatable bonds is 5.